The van der Waals surface area contributed by atoms with Gasteiger partial charge in [-0.3, -0.25) is 0 Å². The molecule has 0 aliphatic rings. The molecule has 6 heterocycles. The predicted octanol–water partition coefficient (Wildman–Crippen LogP) is 26.8. The molecule has 0 aliphatic heterocycles. The van der Waals surface area contributed by atoms with E-state index in [1.54, 1.807) is 16.7 Å². The van der Waals surface area contributed by atoms with Crippen LogP contribution in [0.2, 0.25) is 0 Å². The first-order valence-corrected chi connectivity index (χ1v) is 37.5. The molecule has 22 aromatic rings. The first kappa shape index (κ1) is 58.8. The van der Waals surface area contributed by atoms with Gasteiger partial charge in [0.1, 0.15) is 5.82 Å². The Bertz CT molecular complexity index is 7720. The summed E-state index contributed by atoms with van der Waals surface area (Å²) in [5.41, 5.74) is 21.9. The summed E-state index contributed by atoms with van der Waals surface area (Å²) in [4.78, 5) is 19.9. The molecular formula is C104H67FN8. The summed E-state index contributed by atoms with van der Waals surface area (Å²) in [6.45, 7) is 0. The van der Waals surface area contributed by atoms with Crippen LogP contribution < -0.4 is 0 Å². The van der Waals surface area contributed by atoms with E-state index in [2.05, 4.69) is 159 Å². The van der Waals surface area contributed by atoms with Gasteiger partial charge in [-0.25, -0.2) is 24.3 Å². The van der Waals surface area contributed by atoms with E-state index in [0.29, 0.717) is 28.6 Å². The van der Waals surface area contributed by atoms with Gasteiger partial charge in [0.25, 0.3) is 0 Å². The Morgan fingerprint density at radius 2 is 0.513 bits per heavy atom. The van der Waals surface area contributed by atoms with Crippen molar-refractivity contribution in [1.82, 2.24) is 38.2 Å². The van der Waals surface area contributed by atoms with Gasteiger partial charge in [0.15, 0.2) is 11.6 Å². The predicted molar refractivity (Wildman–Crippen MR) is 465 cm³/mol. The largest absolute Gasteiger partial charge is 0.309 e. The second-order valence-corrected chi connectivity index (χ2v) is 28.1. The smallest absolute Gasteiger partial charge is 0.160 e. The molecule has 0 fully saturated rings. The number of hydrogen-bond acceptors (Lipinski definition) is 4. The molecule has 0 radical (unpaired) electrons. The van der Waals surface area contributed by atoms with E-state index in [9.17, 15) is 11.2 Å². The maximum absolute atomic E-state index is 14.7. The molecule has 0 bridgehead atoms. The molecular weight excluding hydrogens is 1380 g/mol. The quantitative estimate of drug-likeness (QED) is 0.122. The van der Waals surface area contributed by atoms with Crippen LogP contribution in [0.3, 0.4) is 0 Å². The lowest BCUT2D eigenvalue weighted by atomic mass is 10.0. The van der Waals surface area contributed by atoms with E-state index in [1.165, 1.54) is 10.8 Å². The highest BCUT2D eigenvalue weighted by Gasteiger charge is 2.22. The Kier molecular flexibility index (Phi) is 14.5. The fourth-order valence-electron chi connectivity index (χ4n) is 16.1. The monoisotopic (exact) mass is 1450 g/mol. The summed E-state index contributed by atoms with van der Waals surface area (Å²) in [5, 5.41) is 6.47. The second-order valence-electron chi connectivity index (χ2n) is 28.1. The summed E-state index contributed by atoms with van der Waals surface area (Å²) in [7, 11) is 0. The van der Waals surface area contributed by atoms with Crippen LogP contribution in [0.5, 0.6) is 0 Å². The van der Waals surface area contributed by atoms with Crippen molar-refractivity contribution in [3.8, 4) is 113 Å². The molecule has 8 nitrogen and oxygen atoms in total. The fourth-order valence-corrected chi connectivity index (χ4v) is 16.1. The number of hydrogen-bond donors (Lipinski definition) is 0. The number of fused-ring (bicyclic) bond motifs is 12. The van der Waals surface area contributed by atoms with Gasteiger partial charge in [0.2, 0.25) is 0 Å². The van der Waals surface area contributed by atoms with Crippen molar-refractivity contribution in [3.63, 3.8) is 0 Å². The molecule has 0 N–H and O–H groups in total. The maximum atomic E-state index is 14.7. The molecule has 530 valence electrons. The number of aromatic nitrogens is 8. The van der Waals surface area contributed by atoms with Crippen LogP contribution in [0, 0.1) is 5.82 Å². The molecule has 0 atom stereocenters. The first-order chi connectivity index (χ1) is 58.8. The Hall–Kier alpha value is -15.2. The van der Waals surface area contributed by atoms with Crippen LogP contribution in [0.25, 0.3) is 200 Å². The SMILES string of the molecule is Fc1ccc2c(c1)c1cc(-c3ccc4c(c3)c3ccccc3n4-c3ccc(-c4cc(-c5ccccc5)nc(-c5ccccc5)n4)cc3)ccc1n2-c1ccccc1.[2H]c1c([2H])c([2H])c2c(c1[2H])c1c([2H])c(-c3ccc4c(c3)c3ccccc3n4-c3ccccc3)c([2H])c([2H])c1n2-c1ccc(-c2cc(-c3ccccc3)nc(-c3ccccc3)n2)cc1. The zero-order valence-electron chi connectivity index (χ0n) is 67.6. The Morgan fingerprint density at radius 3 is 0.956 bits per heavy atom. The van der Waals surface area contributed by atoms with Gasteiger partial charge in [0.05, 0.1) is 76.5 Å². The van der Waals surface area contributed by atoms with Gasteiger partial charge in [-0.15, -0.1) is 0 Å². The maximum Gasteiger partial charge on any atom is 0.160 e. The van der Waals surface area contributed by atoms with Gasteiger partial charge in [-0.05, 0) is 168 Å². The minimum atomic E-state index is -0.438. The van der Waals surface area contributed by atoms with E-state index in [1.807, 2.05) is 206 Å². The average molecular weight is 1450 g/mol. The zero-order valence-corrected chi connectivity index (χ0v) is 60.6. The summed E-state index contributed by atoms with van der Waals surface area (Å²) in [6, 6.07) is 119. The second kappa shape index (κ2) is 27.8. The van der Waals surface area contributed by atoms with Crippen molar-refractivity contribution >= 4 is 87.2 Å². The number of benzene rings is 16. The van der Waals surface area contributed by atoms with E-state index in [-0.39, 0.29) is 63.4 Å². The van der Waals surface area contributed by atoms with E-state index in [4.69, 9.17) is 22.7 Å². The van der Waals surface area contributed by atoms with Crippen LogP contribution >= 0.6 is 0 Å². The van der Waals surface area contributed by atoms with Crippen molar-refractivity contribution in [2.45, 2.75) is 0 Å². The topological polar surface area (TPSA) is 71.3 Å². The van der Waals surface area contributed by atoms with Gasteiger partial charge in [-0.1, -0.05) is 261 Å². The van der Waals surface area contributed by atoms with Crippen molar-refractivity contribution in [1.29, 1.82) is 0 Å². The Morgan fingerprint density at radius 1 is 0.204 bits per heavy atom. The third-order valence-corrected chi connectivity index (χ3v) is 21.4. The summed E-state index contributed by atoms with van der Waals surface area (Å²) < 4.78 is 87.8. The summed E-state index contributed by atoms with van der Waals surface area (Å²) in [5.74, 6) is 1.02. The van der Waals surface area contributed by atoms with Crippen LogP contribution in [0.4, 0.5) is 4.39 Å². The van der Waals surface area contributed by atoms with Crippen molar-refractivity contribution in [3.05, 3.63) is 412 Å². The highest BCUT2D eigenvalue weighted by molar-refractivity contribution is 6.15. The van der Waals surface area contributed by atoms with Gasteiger partial charge >= 0.3 is 0 Å². The number of para-hydroxylation sites is 5. The van der Waals surface area contributed by atoms with E-state index >= 15 is 0 Å². The molecule has 113 heavy (non-hydrogen) atoms. The third kappa shape index (κ3) is 11.9. The molecule has 22 rings (SSSR count). The van der Waals surface area contributed by atoms with Crippen LogP contribution in [-0.2, 0) is 0 Å². The molecule has 9 heteroatoms. The van der Waals surface area contributed by atoms with Gasteiger partial charge in [0, 0.05) is 99.2 Å². The molecule has 0 saturated heterocycles. The van der Waals surface area contributed by atoms with E-state index < -0.39 is 12.1 Å². The van der Waals surface area contributed by atoms with Crippen LogP contribution in [-0.4, -0.2) is 38.2 Å². The molecule has 0 unspecified atom stereocenters. The molecule has 0 aliphatic carbocycles. The third-order valence-electron chi connectivity index (χ3n) is 21.4. The fraction of sp³-hybridized carbons (Fsp3) is 0. The summed E-state index contributed by atoms with van der Waals surface area (Å²) >= 11 is 0. The number of rotatable bonds is 12. The standard InChI is InChI=1S/C52H33FN4.C52H34N4/c53-39-24-29-51-45(32-39)44-31-38(23-28-50(44)56(51)40-16-8-3-9-17-40)37-22-27-49-43(30-37)42-18-10-11-19-48(42)57(49)41-25-20-35(21-26-41)47-33-46(34-12-4-1-5-13-34)54-52(55-47)36-14-6-2-7-15-36;1-4-14-35(15-5-1)46-34-47(54-52(53-46)37-16-6-2-7-17-37)36-24-28-41(29-25-36)56-49-23-13-11-21-43(49)45-33-39(27-31-51(45)56)38-26-30-50-44(32-38)42-20-10-12-22-48(42)55(50)40-18-8-3-9-19-40/h1-33H;1-34H/i;11D,13D,21D,23D,27D,31D,33D. The average Bonchev–Trinajstić information content (AvgIpc) is 1.53. The highest BCUT2D eigenvalue weighted by atomic mass is 19.1. The highest BCUT2D eigenvalue weighted by Crippen LogP contribution is 2.43. The Labute approximate surface area is 660 Å². The minimum Gasteiger partial charge on any atom is -0.309 e. The number of halogens is 1. The van der Waals surface area contributed by atoms with Gasteiger partial charge < -0.3 is 18.3 Å². The van der Waals surface area contributed by atoms with Crippen LogP contribution in [0.1, 0.15) is 9.60 Å². The summed E-state index contributed by atoms with van der Waals surface area (Å²) in [6.07, 6.45) is 0. The Balaban J connectivity index is 0.000000149. The van der Waals surface area contributed by atoms with Crippen molar-refractivity contribution in [2.75, 3.05) is 0 Å². The van der Waals surface area contributed by atoms with Crippen molar-refractivity contribution < 1.29 is 14.0 Å². The lowest BCUT2D eigenvalue weighted by molar-refractivity contribution is 0.629. The lowest BCUT2D eigenvalue weighted by Gasteiger charge is -2.12. The molecule has 0 spiro atoms. The minimum absolute atomic E-state index is 0.0922. The first-order valence-electron chi connectivity index (χ1n) is 41.0. The van der Waals surface area contributed by atoms with E-state index in [0.717, 1.165) is 133 Å². The normalized spacial score (nSPS) is 12.5. The number of nitrogens with zero attached hydrogens (tertiary/aromatic N) is 8. The van der Waals surface area contributed by atoms with Crippen LogP contribution in [0.15, 0.2) is 406 Å². The van der Waals surface area contributed by atoms with Gasteiger partial charge in [-0.2, -0.15) is 0 Å². The molecule has 0 amide bonds. The molecule has 16 aromatic carbocycles. The molecule has 0 saturated carbocycles. The van der Waals surface area contributed by atoms with Crippen molar-refractivity contribution in [2.24, 2.45) is 0 Å². The lowest BCUT2D eigenvalue weighted by Crippen LogP contribution is -1.97. The molecule has 6 aromatic heterocycles. The zero-order chi connectivity index (χ0) is 81.0.